The van der Waals surface area contributed by atoms with Gasteiger partial charge in [-0.1, -0.05) is 0 Å². The Bertz CT molecular complexity index is 730. The highest BCUT2D eigenvalue weighted by molar-refractivity contribution is 5.57. The fraction of sp³-hybridized carbons (Fsp3) is 0.650. The molecule has 0 aromatic carbocycles. The van der Waals surface area contributed by atoms with Crippen LogP contribution in [0.5, 0.6) is 0 Å². The first kappa shape index (κ1) is 17.6. The average Bonchev–Trinajstić information content (AvgIpc) is 3.02. The molecule has 0 radical (unpaired) electrons. The fourth-order valence-electron chi connectivity index (χ4n) is 4.30. The smallest absolute Gasteiger partial charge is 0.110 e. The number of rotatable bonds is 4. The highest BCUT2D eigenvalue weighted by atomic mass is 16.5. The molecule has 0 spiro atoms. The van der Waals surface area contributed by atoms with Crippen molar-refractivity contribution in [1.82, 2.24) is 24.4 Å². The summed E-state index contributed by atoms with van der Waals surface area (Å²) in [5.74, 6) is 1.69. The summed E-state index contributed by atoms with van der Waals surface area (Å²) in [6.07, 6.45) is 11.4. The third kappa shape index (κ3) is 3.67. The van der Waals surface area contributed by atoms with Gasteiger partial charge in [-0.3, -0.25) is 9.97 Å². The standard InChI is InChI=1S/C20H29N5O/c1-15-23-14-19(24(15)2)20-18(21-7-8-22-20)13-16-3-9-25(10-4-16)17-5-11-26-12-6-17/h7-8,14,16-17H,3-6,9-13H2,1-2H3. The molecule has 0 saturated carbocycles. The Kier molecular flexibility index (Phi) is 5.31. The summed E-state index contributed by atoms with van der Waals surface area (Å²) < 4.78 is 7.61. The van der Waals surface area contributed by atoms with E-state index in [4.69, 9.17) is 4.74 Å². The van der Waals surface area contributed by atoms with Crippen molar-refractivity contribution in [3.8, 4) is 11.4 Å². The van der Waals surface area contributed by atoms with E-state index in [1.807, 2.05) is 26.4 Å². The number of likely N-dealkylation sites (tertiary alicyclic amines) is 1. The van der Waals surface area contributed by atoms with Crippen molar-refractivity contribution < 1.29 is 4.74 Å². The van der Waals surface area contributed by atoms with Gasteiger partial charge in [-0.05, 0) is 58.0 Å². The van der Waals surface area contributed by atoms with Crippen molar-refractivity contribution in [3.05, 3.63) is 30.1 Å². The molecule has 0 bridgehead atoms. The molecule has 6 nitrogen and oxygen atoms in total. The Labute approximate surface area is 155 Å². The Hall–Kier alpha value is -1.79. The van der Waals surface area contributed by atoms with Crippen LogP contribution < -0.4 is 0 Å². The molecule has 2 fully saturated rings. The molecule has 0 unspecified atom stereocenters. The molecule has 0 aliphatic carbocycles. The Balaban J connectivity index is 1.42. The topological polar surface area (TPSA) is 56.1 Å². The van der Waals surface area contributed by atoms with Gasteiger partial charge < -0.3 is 14.2 Å². The summed E-state index contributed by atoms with van der Waals surface area (Å²) in [5, 5.41) is 0. The van der Waals surface area contributed by atoms with E-state index < -0.39 is 0 Å². The van der Waals surface area contributed by atoms with Gasteiger partial charge in [0.25, 0.3) is 0 Å². The second kappa shape index (κ2) is 7.84. The molecule has 2 aromatic heterocycles. The van der Waals surface area contributed by atoms with Crippen LogP contribution in [-0.2, 0) is 18.2 Å². The Morgan fingerprint density at radius 2 is 1.77 bits per heavy atom. The van der Waals surface area contributed by atoms with Gasteiger partial charge in [0.05, 0.1) is 17.6 Å². The average molecular weight is 355 g/mol. The lowest BCUT2D eigenvalue weighted by Gasteiger charge is -2.39. The number of aromatic nitrogens is 4. The predicted molar refractivity (Wildman–Crippen MR) is 101 cm³/mol. The largest absolute Gasteiger partial charge is 0.381 e. The molecule has 4 heterocycles. The Morgan fingerprint density at radius 1 is 1.04 bits per heavy atom. The van der Waals surface area contributed by atoms with Crippen LogP contribution in [0.1, 0.15) is 37.2 Å². The van der Waals surface area contributed by atoms with Gasteiger partial charge in [0.1, 0.15) is 11.5 Å². The molecule has 6 heteroatoms. The number of hydrogen-bond donors (Lipinski definition) is 0. The number of aryl methyl sites for hydroxylation is 1. The molecular weight excluding hydrogens is 326 g/mol. The summed E-state index contributed by atoms with van der Waals surface area (Å²) in [6, 6.07) is 0.731. The zero-order valence-corrected chi connectivity index (χ0v) is 15.9. The molecule has 0 atom stereocenters. The van der Waals surface area contributed by atoms with Crippen LogP contribution in [-0.4, -0.2) is 56.8 Å². The number of nitrogens with zero attached hydrogens (tertiary/aromatic N) is 5. The van der Waals surface area contributed by atoms with Crippen LogP contribution in [0.3, 0.4) is 0 Å². The number of piperidine rings is 1. The molecule has 0 amide bonds. The highest BCUT2D eigenvalue weighted by Gasteiger charge is 2.27. The normalized spacial score (nSPS) is 20.5. The van der Waals surface area contributed by atoms with E-state index in [1.165, 1.54) is 38.8 Å². The van der Waals surface area contributed by atoms with Crippen molar-refractivity contribution >= 4 is 0 Å². The summed E-state index contributed by atoms with van der Waals surface area (Å²) in [4.78, 5) is 16.4. The lowest BCUT2D eigenvalue weighted by molar-refractivity contribution is 0.0211. The van der Waals surface area contributed by atoms with Crippen LogP contribution in [0.4, 0.5) is 0 Å². The minimum atomic E-state index is 0.691. The van der Waals surface area contributed by atoms with Crippen LogP contribution in [0.15, 0.2) is 18.6 Å². The van der Waals surface area contributed by atoms with Crippen LogP contribution in [0.2, 0.25) is 0 Å². The van der Waals surface area contributed by atoms with E-state index in [1.54, 1.807) is 6.20 Å². The van der Waals surface area contributed by atoms with Gasteiger partial charge in [0.15, 0.2) is 0 Å². The minimum Gasteiger partial charge on any atom is -0.381 e. The van der Waals surface area contributed by atoms with Crippen molar-refractivity contribution in [3.63, 3.8) is 0 Å². The molecular formula is C20H29N5O. The maximum atomic E-state index is 5.51. The van der Waals surface area contributed by atoms with Gasteiger partial charge in [0.2, 0.25) is 0 Å². The minimum absolute atomic E-state index is 0.691. The van der Waals surface area contributed by atoms with Crippen LogP contribution >= 0.6 is 0 Å². The second-order valence-corrected chi connectivity index (χ2v) is 7.63. The highest BCUT2D eigenvalue weighted by Crippen LogP contribution is 2.28. The lowest BCUT2D eigenvalue weighted by atomic mass is 9.89. The molecule has 2 aliphatic heterocycles. The van der Waals surface area contributed by atoms with Gasteiger partial charge >= 0.3 is 0 Å². The summed E-state index contributed by atoms with van der Waals surface area (Å²) >= 11 is 0. The van der Waals surface area contributed by atoms with Gasteiger partial charge in [0, 0.05) is 38.7 Å². The monoisotopic (exact) mass is 355 g/mol. The van der Waals surface area contributed by atoms with Gasteiger partial charge in [-0.25, -0.2) is 4.98 Å². The van der Waals surface area contributed by atoms with Crippen molar-refractivity contribution in [1.29, 1.82) is 0 Å². The third-order valence-electron chi connectivity index (χ3n) is 6.08. The van der Waals surface area contributed by atoms with Crippen molar-refractivity contribution in [2.45, 2.75) is 45.1 Å². The third-order valence-corrected chi connectivity index (χ3v) is 6.08. The zero-order valence-electron chi connectivity index (χ0n) is 15.9. The molecule has 2 aromatic rings. The molecule has 26 heavy (non-hydrogen) atoms. The molecule has 2 aliphatic rings. The SMILES string of the molecule is Cc1ncc(-c2nccnc2CC2CCN(C3CCOCC3)CC2)n1C. The van der Waals surface area contributed by atoms with Crippen molar-refractivity contribution in [2.24, 2.45) is 13.0 Å². The first-order valence-corrected chi connectivity index (χ1v) is 9.82. The quantitative estimate of drug-likeness (QED) is 0.844. The molecule has 0 N–H and O–H groups in total. The molecule has 2 saturated heterocycles. The van der Waals surface area contributed by atoms with E-state index in [-0.39, 0.29) is 0 Å². The predicted octanol–water partition coefficient (Wildman–Crippen LogP) is 2.62. The summed E-state index contributed by atoms with van der Waals surface area (Å²) in [5.41, 5.74) is 3.16. The first-order chi connectivity index (χ1) is 12.7. The van der Waals surface area contributed by atoms with Crippen molar-refractivity contribution in [2.75, 3.05) is 26.3 Å². The van der Waals surface area contributed by atoms with E-state index in [2.05, 4.69) is 24.4 Å². The zero-order chi connectivity index (χ0) is 17.9. The van der Waals surface area contributed by atoms with E-state index in [0.717, 1.165) is 48.6 Å². The van der Waals surface area contributed by atoms with E-state index >= 15 is 0 Å². The number of imidazole rings is 1. The summed E-state index contributed by atoms with van der Waals surface area (Å²) in [7, 11) is 2.04. The lowest BCUT2D eigenvalue weighted by Crippen LogP contribution is -2.44. The van der Waals surface area contributed by atoms with E-state index in [0.29, 0.717) is 5.92 Å². The number of ether oxygens (including phenoxy) is 1. The summed E-state index contributed by atoms with van der Waals surface area (Å²) in [6.45, 7) is 6.28. The fourth-order valence-corrected chi connectivity index (χ4v) is 4.30. The van der Waals surface area contributed by atoms with Crippen LogP contribution in [0.25, 0.3) is 11.4 Å². The molecule has 4 rings (SSSR count). The second-order valence-electron chi connectivity index (χ2n) is 7.63. The first-order valence-electron chi connectivity index (χ1n) is 9.82. The maximum absolute atomic E-state index is 5.51. The van der Waals surface area contributed by atoms with Gasteiger partial charge in [-0.15, -0.1) is 0 Å². The van der Waals surface area contributed by atoms with Crippen LogP contribution in [0, 0.1) is 12.8 Å². The molecule has 140 valence electrons. The maximum Gasteiger partial charge on any atom is 0.110 e. The van der Waals surface area contributed by atoms with E-state index in [9.17, 15) is 0 Å². The Morgan fingerprint density at radius 3 is 2.46 bits per heavy atom. The van der Waals surface area contributed by atoms with Gasteiger partial charge in [-0.2, -0.15) is 0 Å². The number of hydrogen-bond acceptors (Lipinski definition) is 5.